The van der Waals surface area contributed by atoms with Gasteiger partial charge in [0.05, 0.1) is 22.9 Å². The van der Waals surface area contributed by atoms with Crippen LogP contribution in [0.1, 0.15) is 35.3 Å². The number of rotatable bonds is 5. The molecule has 3 aromatic rings. The fourth-order valence-corrected chi connectivity index (χ4v) is 3.23. The van der Waals surface area contributed by atoms with Crippen molar-refractivity contribution in [2.24, 2.45) is 0 Å². The molecule has 1 aromatic heterocycles. The van der Waals surface area contributed by atoms with E-state index in [9.17, 15) is 4.79 Å². The van der Waals surface area contributed by atoms with Gasteiger partial charge in [-0.25, -0.2) is 4.98 Å². The minimum Gasteiger partial charge on any atom is -0.374 e. The summed E-state index contributed by atoms with van der Waals surface area (Å²) >= 11 is 1.49. The van der Waals surface area contributed by atoms with Crippen molar-refractivity contribution in [3.63, 3.8) is 0 Å². The maximum Gasteiger partial charge on any atom is 0.257 e. The van der Waals surface area contributed by atoms with Gasteiger partial charge in [0.15, 0.2) is 5.13 Å². The molecule has 0 atom stereocenters. The maximum absolute atomic E-state index is 12.4. The highest BCUT2D eigenvalue weighted by molar-refractivity contribution is 7.22. The number of amides is 1. The van der Waals surface area contributed by atoms with Gasteiger partial charge in [0, 0.05) is 5.56 Å². The van der Waals surface area contributed by atoms with Gasteiger partial charge >= 0.3 is 0 Å². The Morgan fingerprint density at radius 2 is 1.96 bits per heavy atom. The molecule has 2 aromatic carbocycles. The predicted octanol–water partition coefficient (Wildman–Crippen LogP) is 4.78. The van der Waals surface area contributed by atoms with Crippen LogP contribution < -0.4 is 5.32 Å². The quantitative estimate of drug-likeness (QED) is 0.727. The van der Waals surface area contributed by atoms with E-state index in [0.29, 0.717) is 17.3 Å². The molecule has 0 unspecified atom stereocenters. The molecule has 0 aliphatic rings. The lowest BCUT2D eigenvalue weighted by Crippen LogP contribution is -2.11. The summed E-state index contributed by atoms with van der Waals surface area (Å²) in [5, 5.41) is 3.49. The summed E-state index contributed by atoms with van der Waals surface area (Å²) < 4.78 is 6.63. The minimum absolute atomic E-state index is 0.151. The monoisotopic (exact) mass is 340 g/mol. The van der Waals surface area contributed by atoms with Gasteiger partial charge in [0.2, 0.25) is 0 Å². The summed E-state index contributed by atoms with van der Waals surface area (Å²) in [5.74, 6) is -0.151. The number of ether oxygens (including phenoxy) is 1. The van der Waals surface area contributed by atoms with E-state index in [1.165, 1.54) is 16.9 Å². The van der Waals surface area contributed by atoms with Crippen LogP contribution in [-0.2, 0) is 11.3 Å². The van der Waals surface area contributed by atoms with E-state index in [0.717, 1.165) is 15.8 Å². The van der Waals surface area contributed by atoms with Gasteiger partial charge in [-0.2, -0.15) is 0 Å². The summed E-state index contributed by atoms with van der Waals surface area (Å²) in [5.41, 5.74) is 3.75. The number of aromatic nitrogens is 1. The largest absolute Gasteiger partial charge is 0.374 e. The number of fused-ring (bicyclic) bond motifs is 1. The normalized spacial score (nSPS) is 11.2. The number of thiazole rings is 1. The first kappa shape index (κ1) is 16.6. The number of carbonyl (C=O) groups excluding carboxylic acids is 1. The summed E-state index contributed by atoms with van der Waals surface area (Å²) in [7, 11) is 0. The Balaban J connectivity index is 1.69. The zero-order valence-electron chi connectivity index (χ0n) is 14.0. The SMILES string of the molecule is Cc1ccc2nc(NC(=O)c3ccc(COC(C)C)cc3)sc2c1. The van der Waals surface area contributed by atoms with Crippen molar-refractivity contribution in [1.82, 2.24) is 4.98 Å². The molecule has 1 heterocycles. The van der Waals surface area contributed by atoms with Gasteiger partial charge in [0.1, 0.15) is 0 Å². The van der Waals surface area contributed by atoms with Crippen LogP contribution in [0.3, 0.4) is 0 Å². The van der Waals surface area contributed by atoms with Crippen LogP contribution in [0.25, 0.3) is 10.2 Å². The van der Waals surface area contributed by atoms with Crippen molar-refractivity contribution in [1.29, 1.82) is 0 Å². The van der Waals surface area contributed by atoms with Crippen LogP contribution in [0.15, 0.2) is 42.5 Å². The van der Waals surface area contributed by atoms with E-state index in [1.54, 1.807) is 0 Å². The van der Waals surface area contributed by atoms with Crippen molar-refractivity contribution in [3.8, 4) is 0 Å². The van der Waals surface area contributed by atoms with Crippen LogP contribution in [0, 0.1) is 6.92 Å². The molecule has 1 N–H and O–H groups in total. The average Bonchev–Trinajstić information content (AvgIpc) is 2.94. The smallest absolute Gasteiger partial charge is 0.257 e. The number of carbonyl (C=O) groups is 1. The van der Waals surface area contributed by atoms with E-state index in [4.69, 9.17) is 4.74 Å². The van der Waals surface area contributed by atoms with Crippen LogP contribution in [-0.4, -0.2) is 17.0 Å². The highest BCUT2D eigenvalue weighted by atomic mass is 32.1. The second-order valence-electron chi connectivity index (χ2n) is 6.00. The van der Waals surface area contributed by atoms with Gasteiger partial charge in [-0.1, -0.05) is 29.5 Å². The molecule has 0 spiro atoms. The van der Waals surface area contributed by atoms with Gasteiger partial charge in [0.25, 0.3) is 5.91 Å². The number of aryl methyl sites for hydroxylation is 1. The molecule has 124 valence electrons. The molecule has 24 heavy (non-hydrogen) atoms. The third-order valence-corrected chi connectivity index (χ3v) is 4.50. The number of nitrogens with zero attached hydrogens (tertiary/aromatic N) is 1. The fourth-order valence-electron chi connectivity index (χ4n) is 2.27. The Hall–Kier alpha value is -2.24. The summed E-state index contributed by atoms with van der Waals surface area (Å²) in [6.07, 6.45) is 0.190. The second kappa shape index (κ2) is 7.11. The summed E-state index contributed by atoms with van der Waals surface area (Å²) in [4.78, 5) is 16.8. The molecule has 0 aliphatic heterocycles. The van der Waals surface area contributed by atoms with E-state index >= 15 is 0 Å². The Labute approximate surface area is 145 Å². The molecule has 4 nitrogen and oxygen atoms in total. The van der Waals surface area contributed by atoms with Gasteiger partial charge < -0.3 is 4.74 Å². The Kier molecular flexibility index (Phi) is 4.92. The maximum atomic E-state index is 12.4. The number of benzene rings is 2. The molecule has 5 heteroatoms. The summed E-state index contributed by atoms with van der Waals surface area (Å²) in [6, 6.07) is 13.5. The lowest BCUT2D eigenvalue weighted by Gasteiger charge is -2.08. The molecule has 0 saturated carbocycles. The molecule has 0 saturated heterocycles. The zero-order valence-corrected chi connectivity index (χ0v) is 14.8. The van der Waals surface area contributed by atoms with Crippen molar-refractivity contribution in [3.05, 3.63) is 59.2 Å². The Bertz CT molecular complexity index is 853. The molecule has 0 fully saturated rings. The minimum atomic E-state index is -0.151. The lowest BCUT2D eigenvalue weighted by atomic mass is 10.1. The van der Waals surface area contributed by atoms with Gasteiger partial charge in [-0.05, 0) is 56.2 Å². The number of nitrogens with one attached hydrogen (secondary N) is 1. The van der Waals surface area contributed by atoms with Crippen molar-refractivity contribution < 1.29 is 9.53 Å². The average molecular weight is 340 g/mol. The Morgan fingerprint density at radius 1 is 1.21 bits per heavy atom. The van der Waals surface area contributed by atoms with Crippen molar-refractivity contribution in [2.45, 2.75) is 33.5 Å². The first-order valence-corrected chi connectivity index (χ1v) is 8.72. The first-order chi connectivity index (χ1) is 11.5. The standard InChI is InChI=1S/C19H20N2O2S/c1-12(2)23-11-14-5-7-15(8-6-14)18(22)21-19-20-16-9-4-13(3)10-17(16)24-19/h4-10,12H,11H2,1-3H3,(H,20,21,22). The zero-order chi connectivity index (χ0) is 17.1. The van der Waals surface area contributed by atoms with Crippen LogP contribution >= 0.6 is 11.3 Å². The second-order valence-corrected chi connectivity index (χ2v) is 7.03. The van der Waals surface area contributed by atoms with E-state index < -0.39 is 0 Å². The lowest BCUT2D eigenvalue weighted by molar-refractivity contribution is 0.0657. The van der Waals surface area contributed by atoms with E-state index in [2.05, 4.69) is 16.4 Å². The number of anilines is 1. The van der Waals surface area contributed by atoms with Crippen molar-refractivity contribution in [2.75, 3.05) is 5.32 Å². The van der Waals surface area contributed by atoms with Crippen molar-refractivity contribution >= 4 is 32.6 Å². The Morgan fingerprint density at radius 3 is 2.67 bits per heavy atom. The van der Waals surface area contributed by atoms with Crippen LogP contribution in [0.2, 0.25) is 0 Å². The van der Waals surface area contributed by atoms with E-state index in [-0.39, 0.29) is 12.0 Å². The number of hydrogen-bond acceptors (Lipinski definition) is 4. The molecular formula is C19H20N2O2S. The van der Waals surface area contributed by atoms with Crippen LogP contribution in [0.5, 0.6) is 0 Å². The molecule has 0 radical (unpaired) electrons. The third kappa shape index (κ3) is 3.99. The fraction of sp³-hybridized carbons (Fsp3) is 0.263. The molecule has 1 amide bonds. The first-order valence-electron chi connectivity index (χ1n) is 7.90. The molecule has 3 rings (SSSR count). The number of hydrogen-bond donors (Lipinski definition) is 1. The highest BCUT2D eigenvalue weighted by Crippen LogP contribution is 2.27. The van der Waals surface area contributed by atoms with E-state index in [1.807, 2.05) is 57.2 Å². The molecular weight excluding hydrogens is 320 g/mol. The highest BCUT2D eigenvalue weighted by Gasteiger charge is 2.10. The molecule has 0 bridgehead atoms. The topological polar surface area (TPSA) is 51.2 Å². The molecule has 0 aliphatic carbocycles. The summed E-state index contributed by atoms with van der Waals surface area (Å²) in [6.45, 7) is 6.60. The predicted molar refractivity (Wildman–Crippen MR) is 98.7 cm³/mol. The van der Waals surface area contributed by atoms with Gasteiger partial charge in [-0.3, -0.25) is 10.1 Å². The third-order valence-electron chi connectivity index (χ3n) is 3.56. The van der Waals surface area contributed by atoms with Gasteiger partial charge in [-0.15, -0.1) is 0 Å². The van der Waals surface area contributed by atoms with Crippen LogP contribution in [0.4, 0.5) is 5.13 Å².